The molecule has 2 aliphatic heterocycles. The summed E-state index contributed by atoms with van der Waals surface area (Å²) in [5, 5.41) is -0.597. The van der Waals surface area contributed by atoms with Gasteiger partial charge in [0.2, 0.25) is 5.43 Å². The standard InChI is InChI=1S/C28H27F3N4O2/c1-33(2)14-4-5-17-15-20(35-18-8-9-19(35)11-10-18)12-13-23(17)34-16-21(27(32)37)26(36)25-22(28(29,30)31)6-3-7-24(25)34/h3,6-7,12-13,15-16,18-19H,8-11,14H2,1-2H3,(H2,32,37). The van der Waals surface area contributed by atoms with Gasteiger partial charge in [-0.15, -0.1) is 0 Å². The van der Waals surface area contributed by atoms with Crippen LogP contribution in [0.1, 0.15) is 47.2 Å². The molecule has 2 aromatic carbocycles. The molecule has 3 aromatic rings. The van der Waals surface area contributed by atoms with Gasteiger partial charge in [-0.25, -0.2) is 0 Å². The summed E-state index contributed by atoms with van der Waals surface area (Å²) in [4.78, 5) is 29.5. The molecule has 0 radical (unpaired) electrons. The van der Waals surface area contributed by atoms with Gasteiger partial charge in [0.25, 0.3) is 5.91 Å². The van der Waals surface area contributed by atoms with Crippen molar-refractivity contribution in [3.05, 3.63) is 69.5 Å². The number of pyridine rings is 1. The van der Waals surface area contributed by atoms with Crippen molar-refractivity contribution in [2.75, 3.05) is 25.5 Å². The highest BCUT2D eigenvalue weighted by molar-refractivity contribution is 5.97. The maximum atomic E-state index is 13.9. The minimum atomic E-state index is -4.79. The number of aromatic nitrogens is 1. The molecule has 5 rings (SSSR count). The van der Waals surface area contributed by atoms with Crippen LogP contribution in [0.3, 0.4) is 0 Å². The van der Waals surface area contributed by atoms with Crippen LogP contribution in [-0.4, -0.2) is 48.1 Å². The smallest absolute Gasteiger partial charge is 0.366 e. The van der Waals surface area contributed by atoms with E-state index in [1.807, 2.05) is 31.1 Å². The van der Waals surface area contributed by atoms with E-state index in [2.05, 4.69) is 16.7 Å². The molecular formula is C28H27F3N4O2. The first-order chi connectivity index (χ1) is 17.6. The van der Waals surface area contributed by atoms with Crippen LogP contribution in [0.2, 0.25) is 0 Å². The fourth-order valence-electron chi connectivity index (χ4n) is 5.60. The Kier molecular flexibility index (Phi) is 6.24. The quantitative estimate of drug-likeness (QED) is 0.538. The lowest BCUT2D eigenvalue weighted by Crippen LogP contribution is -2.28. The van der Waals surface area contributed by atoms with Crippen LogP contribution in [0, 0.1) is 11.8 Å². The second-order valence-electron chi connectivity index (χ2n) is 9.91. The van der Waals surface area contributed by atoms with Crippen molar-refractivity contribution >= 4 is 22.5 Å². The van der Waals surface area contributed by atoms with Gasteiger partial charge in [0.1, 0.15) is 5.56 Å². The Bertz CT molecular complexity index is 1490. The molecule has 6 nitrogen and oxygen atoms in total. The maximum Gasteiger partial charge on any atom is 0.417 e. The molecule has 2 saturated heterocycles. The first-order valence-corrected chi connectivity index (χ1v) is 12.2. The Hall–Kier alpha value is -3.77. The van der Waals surface area contributed by atoms with Crippen molar-refractivity contribution in [2.45, 2.75) is 43.9 Å². The molecule has 9 heteroatoms. The van der Waals surface area contributed by atoms with E-state index < -0.39 is 34.0 Å². The highest BCUT2D eigenvalue weighted by Crippen LogP contribution is 2.42. The monoisotopic (exact) mass is 508 g/mol. The number of alkyl halides is 3. The van der Waals surface area contributed by atoms with Crippen LogP contribution in [0.4, 0.5) is 18.9 Å². The first kappa shape index (κ1) is 24.9. The molecule has 192 valence electrons. The van der Waals surface area contributed by atoms with Crippen molar-refractivity contribution in [1.29, 1.82) is 0 Å². The van der Waals surface area contributed by atoms with Crippen LogP contribution in [0.5, 0.6) is 0 Å². The summed E-state index contributed by atoms with van der Waals surface area (Å²) in [6, 6.07) is 10.1. The molecule has 3 heterocycles. The van der Waals surface area contributed by atoms with Crippen molar-refractivity contribution in [1.82, 2.24) is 9.47 Å². The summed E-state index contributed by atoms with van der Waals surface area (Å²) in [7, 11) is 3.78. The minimum Gasteiger partial charge on any atom is -0.366 e. The number of carbonyl (C=O) groups is 1. The number of nitrogens with zero attached hydrogens (tertiary/aromatic N) is 3. The number of carbonyl (C=O) groups excluding carboxylic acids is 1. The van der Waals surface area contributed by atoms with E-state index in [1.54, 1.807) is 6.07 Å². The molecule has 2 N–H and O–H groups in total. The number of amides is 1. The molecule has 1 amide bonds. The molecule has 37 heavy (non-hydrogen) atoms. The second kappa shape index (κ2) is 9.27. The number of halogens is 3. The number of benzene rings is 2. The van der Waals surface area contributed by atoms with Crippen molar-refractivity contribution < 1.29 is 18.0 Å². The normalized spacial score (nSPS) is 18.9. The third kappa shape index (κ3) is 4.46. The lowest BCUT2D eigenvalue weighted by Gasteiger charge is -2.26. The lowest BCUT2D eigenvalue weighted by molar-refractivity contribution is -0.136. The van der Waals surface area contributed by atoms with Gasteiger partial charge in [0.05, 0.1) is 34.3 Å². The molecular weight excluding hydrogens is 481 g/mol. The summed E-state index contributed by atoms with van der Waals surface area (Å²) in [6.07, 6.45) is 0.987. The zero-order chi connectivity index (χ0) is 26.5. The van der Waals surface area contributed by atoms with E-state index >= 15 is 0 Å². The molecule has 0 aliphatic carbocycles. The fourth-order valence-corrected chi connectivity index (χ4v) is 5.60. The SMILES string of the molecule is CN(C)CC#Cc1cc(N2C3CCC2CC3)ccc1-n1cc(C(N)=O)c(=O)c2c(C(F)(F)F)cccc21. The molecule has 1 aromatic heterocycles. The minimum absolute atomic E-state index is 0.0227. The molecule has 0 spiro atoms. The van der Waals surface area contributed by atoms with E-state index in [0.717, 1.165) is 37.4 Å². The van der Waals surface area contributed by atoms with Crippen LogP contribution < -0.4 is 16.1 Å². The summed E-state index contributed by atoms with van der Waals surface area (Å²) < 4.78 is 43.1. The lowest BCUT2D eigenvalue weighted by atomic mass is 10.0. The second-order valence-corrected chi connectivity index (χ2v) is 9.91. The predicted molar refractivity (Wildman–Crippen MR) is 137 cm³/mol. The van der Waals surface area contributed by atoms with E-state index in [9.17, 15) is 22.8 Å². The number of primary amides is 1. The third-order valence-corrected chi connectivity index (χ3v) is 7.21. The van der Waals surface area contributed by atoms with Crippen LogP contribution >= 0.6 is 0 Å². The van der Waals surface area contributed by atoms with Gasteiger partial charge < -0.3 is 15.2 Å². The average Bonchev–Trinajstić information content (AvgIpc) is 3.44. The third-order valence-electron chi connectivity index (χ3n) is 7.21. The highest BCUT2D eigenvalue weighted by atomic mass is 19.4. The topological polar surface area (TPSA) is 71.6 Å². The van der Waals surface area contributed by atoms with Crippen molar-refractivity contribution in [3.63, 3.8) is 0 Å². The Morgan fingerprint density at radius 3 is 2.38 bits per heavy atom. The fraction of sp³-hybridized carbons (Fsp3) is 0.357. The number of hydrogen-bond acceptors (Lipinski definition) is 4. The van der Waals surface area contributed by atoms with Gasteiger partial charge in [0.15, 0.2) is 0 Å². The van der Waals surface area contributed by atoms with Crippen molar-refractivity contribution in [3.8, 4) is 17.5 Å². The Morgan fingerprint density at radius 1 is 1.11 bits per heavy atom. The number of nitrogens with two attached hydrogens (primary N) is 1. The average molecular weight is 509 g/mol. The van der Waals surface area contributed by atoms with E-state index in [4.69, 9.17) is 5.73 Å². The molecule has 2 fully saturated rings. The van der Waals surface area contributed by atoms with Crippen LogP contribution in [-0.2, 0) is 6.18 Å². The molecule has 2 aliphatic rings. The molecule has 0 unspecified atom stereocenters. The van der Waals surface area contributed by atoms with Gasteiger partial charge >= 0.3 is 6.18 Å². The van der Waals surface area contributed by atoms with Gasteiger partial charge in [-0.3, -0.25) is 14.5 Å². The molecule has 0 saturated carbocycles. The van der Waals surface area contributed by atoms with Crippen molar-refractivity contribution in [2.24, 2.45) is 5.73 Å². The maximum absolute atomic E-state index is 13.9. The zero-order valence-corrected chi connectivity index (χ0v) is 20.6. The van der Waals surface area contributed by atoms with Gasteiger partial charge in [-0.2, -0.15) is 13.2 Å². The predicted octanol–water partition coefficient (Wildman–Crippen LogP) is 4.15. The number of fused-ring (bicyclic) bond motifs is 3. The molecule has 0 atom stereocenters. The zero-order valence-electron chi connectivity index (χ0n) is 20.6. The van der Waals surface area contributed by atoms with Crippen LogP contribution in [0.15, 0.2) is 47.4 Å². The van der Waals surface area contributed by atoms with Gasteiger partial charge in [0, 0.05) is 24.0 Å². The summed E-state index contributed by atoms with van der Waals surface area (Å²) in [5.41, 5.74) is 4.85. The summed E-state index contributed by atoms with van der Waals surface area (Å²) >= 11 is 0. The Morgan fingerprint density at radius 2 is 1.78 bits per heavy atom. The summed E-state index contributed by atoms with van der Waals surface area (Å²) in [6.45, 7) is 0.480. The number of anilines is 1. The van der Waals surface area contributed by atoms with E-state index in [0.29, 0.717) is 29.9 Å². The van der Waals surface area contributed by atoms with Gasteiger partial charge in [-0.1, -0.05) is 17.9 Å². The number of hydrogen-bond donors (Lipinski definition) is 1. The highest BCUT2D eigenvalue weighted by Gasteiger charge is 2.39. The van der Waals surface area contributed by atoms with E-state index in [1.165, 1.54) is 22.9 Å². The Balaban J connectivity index is 1.78. The number of rotatable bonds is 4. The van der Waals surface area contributed by atoms with E-state index in [-0.39, 0.29) is 5.52 Å². The Labute approximate surface area is 212 Å². The largest absolute Gasteiger partial charge is 0.417 e. The molecule has 2 bridgehead atoms. The van der Waals surface area contributed by atoms with Gasteiger partial charge in [-0.05, 0) is 70.1 Å². The van der Waals surface area contributed by atoms with Crippen LogP contribution in [0.25, 0.3) is 16.6 Å². The first-order valence-electron chi connectivity index (χ1n) is 12.2. The summed E-state index contributed by atoms with van der Waals surface area (Å²) in [5.74, 6) is 5.19.